The van der Waals surface area contributed by atoms with Crippen LogP contribution in [-0.2, 0) is 14.4 Å². The Morgan fingerprint density at radius 3 is 2.94 bits per heavy atom. The van der Waals surface area contributed by atoms with Crippen molar-refractivity contribution in [2.75, 3.05) is 6.61 Å². The summed E-state index contributed by atoms with van der Waals surface area (Å²) in [5.74, 6) is -0.344. The van der Waals surface area contributed by atoms with Gasteiger partial charge in [-0.25, -0.2) is 4.79 Å². The Morgan fingerprint density at radius 1 is 1.65 bits per heavy atom. The fraction of sp³-hybridized carbons (Fsp3) is 0.692. The fourth-order valence-electron chi connectivity index (χ4n) is 2.42. The lowest BCUT2D eigenvalue weighted by Crippen LogP contribution is -2.45. The summed E-state index contributed by atoms with van der Waals surface area (Å²) >= 11 is 0. The molecular formula is C13H19NO3. The van der Waals surface area contributed by atoms with Crippen molar-refractivity contribution in [2.24, 2.45) is 16.5 Å². The Bertz CT molecular complexity index is 392. The SMILES string of the molecule is CCOC(=O)C12C=CCC1C(C(C)(C)C)=NO2. The van der Waals surface area contributed by atoms with E-state index in [0.717, 1.165) is 12.1 Å². The first kappa shape index (κ1) is 12.1. The molecule has 0 amide bonds. The van der Waals surface area contributed by atoms with Gasteiger partial charge in [0.25, 0.3) is 5.60 Å². The van der Waals surface area contributed by atoms with Gasteiger partial charge in [0.2, 0.25) is 0 Å². The van der Waals surface area contributed by atoms with Gasteiger partial charge in [0, 0.05) is 5.41 Å². The third-order valence-electron chi connectivity index (χ3n) is 3.24. The van der Waals surface area contributed by atoms with Crippen LogP contribution in [0.3, 0.4) is 0 Å². The van der Waals surface area contributed by atoms with Crippen LogP contribution < -0.4 is 0 Å². The van der Waals surface area contributed by atoms with Gasteiger partial charge in [0.05, 0.1) is 18.2 Å². The number of rotatable bonds is 2. The molecule has 0 saturated heterocycles. The highest BCUT2D eigenvalue weighted by atomic mass is 16.7. The van der Waals surface area contributed by atoms with E-state index < -0.39 is 5.60 Å². The molecule has 0 aromatic carbocycles. The summed E-state index contributed by atoms with van der Waals surface area (Å²) in [5, 5.41) is 4.13. The smallest absolute Gasteiger partial charge is 0.358 e. The highest BCUT2D eigenvalue weighted by Crippen LogP contribution is 2.44. The van der Waals surface area contributed by atoms with E-state index in [2.05, 4.69) is 25.9 Å². The standard InChI is InChI=1S/C13H19NO3/c1-5-16-11(15)13-8-6-7-9(13)10(14-17-13)12(2,3)4/h6,8-9H,5,7H2,1-4H3. The highest BCUT2D eigenvalue weighted by molar-refractivity contribution is 6.00. The lowest BCUT2D eigenvalue weighted by atomic mass is 9.76. The largest absolute Gasteiger partial charge is 0.463 e. The molecule has 4 nitrogen and oxygen atoms in total. The maximum Gasteiger partial charge on any atom is 0.358 e. The Kier molecular flexibility index (Phi) is 2.76. The van der Waals surface area contributed by atoms with Crippen molar-refractivity contribution in [3.63, 3.8) is 0 Å². The number of ether oxygens (including phenoxy) is 1. The van der Waals surface area contributed by atoms with E-state index >= 15 is 0 Å². The molecule has 2 unspecified atom stereocenters. The number of nitrogens with zero attached hydrogens (tertiary/aromatic N) is 1. The number of fused-ring (bicyclic) bond motifs is 1. The van der Waals surface area contributed by atoms with Crippen LogP contribution in [0, 0.1) is 11.3 Å². The molecule has 0 saturated carbocycles. The summed E-state index contributed by atoms with van der Waals surface area (Å²) in [6.07, 6.45) is 4.55. The minimum absolute atomic E-state index is 0.0125. The predicted molar refractivity (Wildman–Crippen MR) is 64.6 cm³/mol. The number of carbonyl (C=O) groups excluding carboxylic acids is 1. The first-order chi connectivity index (χ1) is 7.92. The van der Waals surface area contributed by atoms with E-state index in [-0.39, 0.29) is 17.3 Å². The molecule has 17 heavy (non-hydrogen) atoms. The van der Waals surface area contributed by atoms with Crippen LogP contribution in [0.1, 0.15) is 34.1 Å². The van der Waals surface area contributed by atoms with Crippen molar-refractivity contribution in [2.45, 2.75) is 39.7 Å². The van der Waals surface area contributed by atoms with E-state index in [0.29, 0.717) is 6.61 Å². The molecule has 0 aromatic heterocycles. The minimum Gasteiger partial charge on any atom is -0.463 e. The summed E-state index contributed by atoms with van der Waals surface area (Å²) < 4.78 is 5.10. The second-order valence-electron chi connectivity index (χ2n) is 5.52. The monoisotopic (exact) mass is 237 g/mol. The number of esters is 1. The topological polar surface area (TPSA) is 47.9 Å². The van der Waals surface area contributed by atoms with Crippen molar-refractivity contribution in [3.8, 4) is 0 Å². The average molecular weight is 237 g/mol. The summed E-state index contributed by atoms with van der Waals surface area (Å²) in [6.45, 7) is 8.39. The zero-order chi connectivity index (χ0) is 12.7. The van der Waals surface area contributed by atoms with Crippen LogP contribution >= 0.6 is 0 Å². The van der Waals surface area contributed by atoms with Gasteiger partial charge >= 0.3 is 5.97 Å². The minimum atomic E-state index is -1.00. The van der Waals surface area contributed by atoms with Gasteiger partial charge in [-0.3, -0.25) is 0 Å². The summed E-state index contributed by atoms with van der Waals surface area (Å²) in [7, 11) is 0. The Balaban J connectivity index is 2.28. The predicted octanol–water partition coefficient (Wildman–Crippen LogP) is 2.30. The first-order valence-corrected chi connectivity index (χ1v) is 6.03. The third-order valence-corrected chi connectivity index (χ3v) is 3.24. The quantitative estimate of drug-likeness (QED) is 0.547. The van der Waals surface area contributed by atoms with E-state index in [1.807, 2.05) is 6.08 Å². The average Bonchev–Trinajstić information content (AvgIpc) is 2.72. The zero-order valence-corrected chi connectivity index (χ0v) is 10.8. The van der Waals surface area contributed by atoms with Crippen LogP contribution in [-0.4, -0.2) is 23.9 Å². The van der Waals surface area contributed by atoms with Crippen molar-refractivity contribution < 1.29 is 14.4 Å². The lowest BCUT2D eigenvalue weighted by Gasteiger charge is -2.27. The van der Waals surface area contributed by atoms with Crippen LogP contribution in [0.15, 0.2) is 17.3 Å². The number of hydrogen-bond donors (Lipinski definition) is 0. The van der Waals surface area contributed by atoms with Crippen molar-refractivity contribution >= 4 is 11.7 Å². The van der Waals surface area contributed by atoms with E-state index in [4.69, 9.17) is 9.57 Å². The summed E-state index contributed by atoms with van der Waals surface area (Å²) in [6, 6.07) is 0. The molecule has 1 aliphatic heterocycles. The normalized spacial score (nSPS) is 30.8. The van der Waals surface area contributed by atoms with Gasteiger partial charge in [-0.15, -0.1) is 0 Å². The number of hydrogen-bond acceptors (Lipinski definition) is 4. The molecular weight excluding hydrogens is 218 g/mol. The maximum atomic E-state index is 12.0. The number of carbonyl (C=O) groups is 1. The molecule has 94 valence electrons. The van der Waals surface area contributed by atoms with E-state index in [1.165, 1.54) is 0 Å². The van der Waals surface area contributed by atoms with Crippen LogP contribution in [0.2, 0.25) is 0 Å². The molecule has 0 spiro atoms. The van der Waals surface area contributed by atoms with Crippen LogP contribution in [0.25, 0.3) is 0 Å². The number of oxime groups is 1. The summed E-state index contributed by atoms with van der Waals surface area (Å²) in [4.78, 5) is 17.5. The molecule has 4 heteroatoms. The second-order valence-corrected chi connectivity index (χ2v) is 5.52. The molecule has 1 heterocycles. The van der Waals surface area contributed by atoms with Crippen molar-refractivity contribution in [3.05, 3.63) is 12.2 Å². The van der Waals surface area contributed by atoms with Gasteiger partial charge in [-0.05, 0) is 19.4 Å². The summed E-state index contributed by atoms with van der Waals surface area (Å²) in [5.41, 5.74) is -0.153. The Labute approximate surface area is 102 Å². The molecule has 0 N–H and O–H groups in total. The third kappa shape index (κ3) is 1.75. The molecule has 2 atom stereocenters. The van der Waals surface area contributed by atoms with E-state index in [9.17, 15) is 4.79 Å². The first-order valence-electron chi connectivity index (χ1n) is 6.03. The highest BCUT2D eigenvalue weighted by Gasteiger charge is 2.58. The molecule has 0 bridgehead atoms. The Hall–Kier alpha value is -1.32. The van der Waals surface area contributed by atoms with Crippen molar-refractivity contribution in [1.82, 2.24) is 0 Å². The van der Waals surface area contributed by atoms with Crippen molar-refractivity contribution in [1.29, 1.82) is 0 Å². The molecule has 0 fully saturated rings. The van der Waals surface area contributed by atoms with Gasteiger partial charge in [0.15, 0.2) is 0 Å². The van der Waals surface area contributed by atoms with Crippen LogP contribution in [0.5, 0.6) is 0 Å². The molecule has 0 aromatic rings. The second kappa shape index (κ2) is 3.86. The van der Waals surface area contributed by atoms with E-state index in [1.54, 1.807) is 13.0 Å². The van der Waals surface area contributed by atoms with Gasteiger partial charge < -0.3 is 9.57 Å². The molecule has 2 rings (SSSR count). The molecule has 2 aliphatic rings. The van der Waals surface area contributed by atoms with Gasteiger partial charge in [-0.1, -0.05) is 32.0 Å². The fourth-order valence-corrected chi connectivity index (χ4v) is 2.42. The maximum absolute atomic E-state index is 12.0. The van der Waals surface area contributed by atoms with Gasteiger partial charge in [0.1, 0.15) is 0 Å². The molecule has 1 aliphatic carbocycles. The zero-order valence-electron chi connectivity index (χ0n) is 10.8. The lowest BCUT2D eigenvalue weighted by molar-refractivity contribution is -0.165. The molecule has 0 radical (unpaired) electrons. The van der Waals surface area contributed by atoms with Crippen LogP contribution in [0.4, 0.5) is 0 Å². The Morgan fingerprint density at radius 2 is 2.35 bits per heavy atom. The van der Waals surface area contributed by atoms with Gasteiger partial charge in [-0.2, -0.15) is 0 Å². The number of allylic oxidation sites excluding steroid dienone is 1.